The molecule has 2 N–H and O–H groups in total. The number of alkyl halides is 3. The minimum absolute atomic E-state index is 0.268. The Labute approximate surface area is 121 Å². The van der Waals surface area contributed by atoms with Gasteiger partial charge in [-0.3, -0.25) is 0 Å². The standard InChI is InChI=1S/C16H16F3NO/c1-10-7-8-12(9-11(10)2)15(20)13-5-3-4-6-14(13)21-16(17,18)19/h3-9,15H,20H2,1-2H3. The average Bonchev–Trinajstić information content (AvgIpc) is 2.40. The maximum Gasteiger partial charge on any atom is 0.573 e. The molecule has 2 aromatic carbocycles. The molecular formula is C16H16F3NO. The number of hydrogen-bond donors (Lipinski definition) is 1. The Balaban J connectivity index is 2.38. The quantitative estimate of drug-likeness (QED) is 0.918. The molecule has 0 bridgehead atoms. The minimum Gasteiger partial charge on any atom is -0.405 e. The molecule has 2 nitrogen and oxygen atoms in total. The molecule has 0 fully saturated rings. The smallest absolute Gasteiger partial charge is 0.405 e. The Bertz CT molecular complexity index is 638. The Kier molecular flexibility index (Phi) is 4.23. The summed E-state index contributed by atoms with van der Waals surface area (Å²) in [6, 6.07) is 10.9. The van der Waals surface area contributed by atoms with Gasteiger partial charge < -0.3 is 10.5 Å². The summed E-state index contributed by atoms with van der Waals surface area (Å²) in [6.45, 7) is 3.90. The molecule has 0 saturated carbocycles. The molecule has 5 heteroatoms. The first kappa shape index (κ1) is 15.4. The van der Waals surface area contributed by atoms with Crippen molar-refractivity contribution >= 4 is 0 Å². The zero-order valence-corrected chi connectivity index (χ0v) is 11.7. The number of nitrogens with two attached hydrogens (primary N) is 1. The van der Waals surface area contributed by atoms with E-state index in [0.29, 0.717) is 5.56 Å². The van der Waals surface area contributed by atoms with Crippen LogP contribution in [0.5, 0.6) is 5.75 Å². The van der Waals surface area contributed by atoms with Crippen LogP contribution in [0.25, 0.3) is 0 Å². The summed E-state index contributed by atoms with van der Waals surface area (Å²) in [5.41, 5.74) is 9.30. The summed E-state index contributed by atoms with van der Waals surface area (Å²) in [4.78, 5) is 0. The van der Waals surface area contributed by atoms with Crippen LogP contribution >= 0.6 is 0 Å². The second-order valence-corrected chi connectivity index (χ2v) is 4.91. The first-order chi connectivity index (χ1) is 9.78. The van der Waals surface area contributed by atoms with E-state index in [-0.39, 0.29) is 5.75 Å². The molecule has 1 unspecified atom stereocenters. The molecule has 112 valence electrons. The monoisotopic (exact) mass is 295 g/mol. The van der Waals surface area contributed by atoms with Gasteiger partial charge in [-0.1, -0.05) is 36.4 Å². The van der Waals surface area contributed by atoms with Gasteiger partial charge in [-0.15, -0.1) is 13.2 Å². The summed E-state index contributed by atoms with van der Waals surface area (Å²) >= 11 is 0. The molecule has 2 rings (SSSR count). The summed E-state index contributed by atoms with van der Waals surface area (Å²) in [5.74, 6) is -0.268. The number of para-hydroxylation sites is 1. The molecule has 0 aliphatic carbocycles. The van der Waals surface area contributed by atoms with Crippen LogP contribution in [0.1, 0.15) is 28.3 Å². The van der Waals surface area contributed by atoms with E-state index in [1.165, 1.54) is 12.1 Å². The number of ether oxygens (including phenoxy) is 1. The molecule has 0 aliphatic heterocycles. The van der Waals surface area contributed by atoms with Crippen LogP contribution in [0.2, 0.25) is 0 Å². The van der Waals surface area contributed by atoms with Crippen LogP contribution in [0, 0.1) is 13.8 Å². The Hall–Kier alpha value is -2.01. The van der Waals surface area contributed by atoms with E-state index in [0.717, 1.165) is 16.7 Å². The summed E-state index contributed by atoms with van der Waals surface area (Å²) in [5, 5.41) is 0. The van der Waals surface area contributed by atoms with Crippen LogP contribution < -0.4 is 10.5 Å². The molecule has 0 amide bonds. The molecule has 1 atom stereocenters. The number of halogens is 3. The lowest BCUT2D eigenvalue weighted by molar-refractivity contribution is -0.274. The van der Waals surface area contributed by atoms with E-state index in [2.05, 4.69) is 4.74 Å². The maximum absolute atomic E-state index is 12.4. The molecule has 21 heavy (non-hydrogen) atoms. The van der Waals surface area contributed by atoms with E-state index in [4.69, 9.17) is 5.73 Å². The third-order valence-electron chi connectivity index (χ3n) is 3.37. The molecule has 0 spiro atoms. The predicted molar refractivity (Wildman–Crippen MR) is 75.1 cm³/mol. The predicted octanol–water partition coefficient (Wildman–Crippen LogP) is 4.25. The zero-order valence-electron chi connectivity index (χ0n) is 11.7. The highest BCUT2D eigenvalue weighted by Crippen LogP contribution is 2.32. The first-order valence-electron chi connectivity index (χ1n) is 6.45. The summed E-state index contributed by atoms with van der Waals surface area (Å²) < 4.78 is 41.4. The van der Waals surface area contributed by atoms with Crippen LogP contribution in [-0.2, 0) is 0 Å². The lowest BCUT2D eigenvalue weighted by Gasteiger charge is -2.19. The largest absolute Gasteiger partial charge is 0.573 e. The van der Waals surface area contributed by atoms with Crippen molar-refractivity contribution in [3.8, 4) is 5.75 Å². The van der Waals surface area contributed by atoms with Crippen LogP contribution in [0.3, 0.4) is 0 Å². The molecule has 2 aromatic rings. The minimum atomic E-state index is -4.74. The van der Waals surface area contributed by atoms with Gasteiger partial charge in [0.1, 0.15) is 5.75 Å². The van der Waals surface area contributed by atoms with E-state index >= 15 is 0 Å². The molecule has 0 aromatic heterocycles. The van der Waals surface area contributed by atoms with Crippen molar-refractivity contribution in [2.45, 2.75) is 26.3 Å². The van der Waals surface area contributed by atoms with Gasteiger partial charge in [0.05, 0.1) is 6.04 Å². The van der Waals surface area contributed by atoms with Gasteiger partial charge in [-0.2, -0.15) is 0 Å². The van der Waals surface area contributed by atoms with Crippen molar-refractivity contribution in [1.82, 2.24) is 0 Å². The van der Waals surface area contributed by atoms with Crippen molar-refractivity contribution in [3.63, 3.8) is 0 Å². The van der Waals surface area contributed by atoms with Crippen molar-refractivity contribution < 1.29 is 17.9 Å². The summed E-state index contributed by atoms with van der Waals surface area (Å²) in [7, 11) is 0. The highest BCUT2D eigenvalue weighted by Gasteiger charge is 2.32. The van der Waals surface area contributed by atoms with Crippen LogP contribution in [-0.4, -0.2) is 6.36 Å². The Morgan fingerprint density at radius 3 is 2.29 bits per heavy atom. The Morgan fingerprint density at radius 2 is 1.67 bits per heavy atom. The van der Waals surface area contributed by atoms with Crippen molar-refractivity contribution in [2.75, 3.05) is 0 Å². The third kappa shape index (κ3) is 3.76. The Morgan fingerprint density at radius 1 is 1.00 bits per heavy atom. The van der Waals surface area contributed by atoms with Crippen LogP contribution in [0.15, 0.2) is 42.5 Å². The average molecular weight is 295 g/mol. The highest BCUT2D eigenvalue weighted by atomic mass is 19.4. The fourth-order valence-electron chi connectivity index (χ4n) is 2.09. The van der Waals surface area contributed by atoms with Gasteiger partial charge in [0.25, 0.3) is 0 Å². The van der Waals surface area contributed by atoms with Crippen molar-refractivity contribution in [1.29, 1.82) is 0 Å². The summed E-state index contributed by atoms with van der Waals surface area (Å²) in [6.07, 6.45) is -4.74. The van der Waals surface area contributed by atoms with Gasteiger partial charge >= 0.3 is 6.36 Å². The lowest BCUT2D eigenvalue weighted by atomic mass is 9.96. The first-order valence-corrected chi connectivity index (χ1v) is 6.45. The van der Waals surface area contributed by atoms with E-state index in [9.17, 15) is 13.2 Å². The number of aryl methyl sites for hydroxylation is 2. The highest BCUT2D eigenvalue weighted by molar-refractivity contribution is 5.43. The van der Waals surface area contributed by atoms with Crippen molar-refractivity contribution in [2.24, 2.45) is 5.73 Å². The normalized spacial score (nSPS) is 13.0. The fraction of sp³-hybridized carbons (Fsp3) is 0.250. The van der Waals surface area contributed by atoms with Gasteiger partial charge in [0.15, 0.2) is 0 Å². The molecular weight excluding hydrogens is 279 g/mol. The number of benzene rings is 2. The van der Waals surface area contributed by atoms with Gasteiger partial charge in [-0.25, -0.2) is 0 Å². The van der Waals surface area contributed by atoms with Crippen molar-refractivity contribution in [3.05, 3.63) is 64.7 Å². The van der Waals surface area contributed by atoms with Gasteiger partial charge in [0, 0.05) is 5.56 Å². The second-order valence-electron chi connectivity index (χ2n) is 4.91. The molecule has 0 aliphatic rings. The third-order valence-corrected chi connectivity index (χ3v) is 3.37. The van der Waals surface area contributed by atoms with E-state index < -0.39 is 12.4 Å². The molecule has 0 saturated heterocycles. The van der Waals surface area contributed by atoms with E-state index in [1.807, 2.05) is 32.0 Å². The second kappa shape index (κ2) is 5.77. The SMILES string of the molecule is Cc1ccc(C(N)c2ccccc2OC(F)(F)F)cc1C. The molecule has 0 heterocycles. The van der Waals surface area contributed by atoms with E-state index in [1.54, 1.807) is 12.1 Å². The maximum atomic E-state index is 12.4. The fourth-order valence-corrected chi connectivity index (χ4v) is 2.09. The van der Waals surface area contributed by atoms with Gasteiger partial charge in [-0.05, 0) is 36.6 Å². The molecule has 0 radical (unpaired) electrons. The topological polar surface area (TPSA) is 35.2 Å². The van der Waals surface area contributed by atoms with Gasteiger partial charge in [0.2, 0.25) is 0 Å². The van der Waals surface area contributed by atoms with Crippen LogP contribution in [0.4, 0.5) is 13.2 Å². The number of hydrogen-bond acceptors (Lipinski definition) is 2. The number of rotatable bonds is 3. The zero-order chi connectivity index (χ0) is 15.6. The lowest BCUT2D eigenvalue weighted by Crippen LogP contribution is -2.20.